The fraction of sp³-hybridized carbons (Fsp3) is 0.125. The average molecular weight is 445 g/mol. The summed E-state index contributed by atoms with van der Waals surface area (Å²) in [6, 6.07) is 13.7. The van der Waals surface area contributed by atoms with Gasteiger partial charge in [-0.2, -0.15) is 0 Å². The molecule has 0 fully saturated rings. The normalized spacial score (nSPS) is 11.4. The maximum absolute atomic E-state index is 12.0. The summed E-state index contributed by atoms with van der Waals surface area (Å²) in [7, 11) is 0. The van der Waals surface area contributed by atoms with Crippen molar-refractivity contribution in [3.05, 3.63) is 62.7 Å². The highest BCUT2D eigenvalue weighted by molar-refractivity contribution is 14.1. The number of rotatable bonds is 4. The minimum atomic E-state index is -0.772. The molecule has 0 heterocycles. The van der Waals surface area contributed by atoms with E-state index >= 15 is 0 Å². The molecule has 0 saturated carbocycles. The molecule has 5 nitrogen and oxygen atoms in total. The van der Waals surface area contributed by atoms with Crippen molar-refractivity contribution in [3.63, 3.8) is 0 Å². The van der Waals surface area contributed by atoms with Gasteiger partial charge < -0.3 is 4.74 Å². The average Bonchev–Trinajstić information content (AvgIpc) is 2.54. The Kier molecular flexibility index (Phi) is 6.23. The van der Waals surface area contributed by atoms with E-state index in [0.717, 1.165) is 3.57 Å². The first-order valence-electron chi connectivity index (χ1n) is 6.74. The number of hydrogen-bond donors (Lipinski definition) is 2. The second-order valence-electron chi connectivity index (χ2n) is 4.64. The van der Waals surface area contributed by atoms with Gasteiger partial charge in [0.1, 0.15) is 5.75 Å². The molecular weight excluding hydrogens is 431 g/mol. The van der Waals surface area contributed by atoms with E-state index in [0.29, 0.717) is 16.3 Å². The smallest absolute Gasteiger partial charge is 0.279 e. The van der Waals surface area contributed by atoms with Crippen LogP contribution in [0.4, 0.5) is 0 Å². The predicted octanol–water partition coefficient (Wildman–Crippen LogP) is 3.17. The van der Waals surface area contributed by atoms with Gasteiger partial charge in [0.25, 0.3) is 11.8 Å². The van der Waals surface area contributed by atoms with Crippen molar-refractivity contribution in [1.29, 1.82) is 0 Å². The van der Waals surface area contributed by atoms with Gasteiger partial charge in [-0.1, -0.05) is 23.7 Å². The lowest BCUT2D eigenvalue weighted by Gasteiger charge is -2.15. The quantitative estimate of drug-likeness (QED) is 0.562. The summed E-state index contributed by atoms with van der Waals surface area (Å²) in [5, 5.41) is 0.583. The molecule has 0 bridgehead atoms. The van der Waals surface area contributed by atoms with Crippen molar-refractivity contribution in [2.45, 2.75) is 13.0 Å². The second-order valence-corrected chi connectivity index (χ2v) is 6.24. The number of ether oxygens (including phenoxy) is 1. The molecule has 2 amide bonds. The molecule has 0 aliphatic rings. The summed E-state index contributed by atoms with van der Waals surface area (Å²) >= 11 is 7.84. The molecule has 1 atom stereocenters. The number of benzene rings is 2. The summed E-state index contributed by atoms with van der Waals surface area (Å²) in [6.45, 7) is 1.59. The Morgan fingerprint density at radius 2 is 1.74 bits per heavy atom. The lowest BCUT2D eigenvalue weighted by Crippen LogP contribution is -2.47. The number of hydrazine groups is 1. The monoisotopic (exact) mass is 444 g/mol. The zero-order valence-corrected chi connectivity index (χ0v) is 15.1. The van der Waals surface area contributed by atoms with Crippen LogP contribution in [0, 0.1) is 3.57 Å². The molecule has 0 saturated heterocycles. The molecule has 23 heavy (non-hydrogen) atoms. The SMILES string of the molecule is CC(Oc1ccc(Cl)cc1)C(=O)NNC(=O)c1ccccc1I. The number of hydrogen-bond acceptors (Lipinski definition) is 3. The fourth-order valence-corrected chi connectivity index (χ4v) is 2.46. The van der Waals surface area contributed by atoms with Crippen LogP contribution in [0.2, 0.25) is 5.02 Å². The van der Waals surface area contributed by atoms with Crippen LogP contribution in [0.25, 0.3) is 0 Å². The van der Waals surface area contributed by atoms with Gasteiger partial charge in [0.15, 0.2) is 6.10 Å². The highest BCUT2D eigenvalue weighted by Gasteiger charge is 2.16. The predicted molar refractivity (Wildman–Crippen MR) is 96.3 cm³/mol. The Labute approximate surface area is 152 Å². The highest BCUT2D eigenvalue weighted by Crippen LogP contribution is 2.16. The van der Waals surface area contributed by atoms with Gasteiger partial charge in [-0.3, -0.25) is 20.4 Å². The molecule has 120 valence electrons. The Morgan fingerprint density at radius 1 is 1.09 bits per heavy atom. The molecule has 2 aromatic rings. The van der Waals surface area contributed by atoms with E-state index < -0.39 is 12.0 Å². The van der Waals surface area contributed by atoms with E-state index in [1.165, 1.54) is 0 Å². The first-order chi connectivity index (χ1) is 11.0. The largest absolute Gasteiger partial charge is 0.481 e. The minimum absolute atomic E-state index is 0.387. The zero-order valence-electron chi connectivity index (χ0n) is 12.2. The number of amides is 2. The Hall–Kier alpha value is -1.80. The third-order valence-electron chi connectivity index (χ3n) is 2.91. The van der Waals surface area contributed by atoms with Crippen molar-refractivity contribution in [1.82, 2.24) is 10.9 Å². The molecule has 0 aliphatic carbocycles. The van der Waals surface area contributed by atoms with Gasteiger partial charge in [-0.05, 0) is 65.9 Å². The number of halogens is 2. The van der Waals surface area contributed by atoms with Crippen molar-refractivity contribution >= 4 is 46.0 Å². The van der Waals surface area contributed by atoms with E-state index in [1.807, 2.05) is 12.1 Å². The van der Waals surface area contributed by atoms with Gasteiger partial charge in [-0.25, -0.2) is 0 Å². The van der Waals surface area contributed by atoms with Crippen LogP contribution in [0.5, 0.6) is 5.75 Å². The van der Waals surface area contributed by atoms with Crippen molar-refractivity contribution in [2.24, 2.45) is 0 Å². The highest BCUT2D eigenvalue weighted by atomic mass is 127. The fourth-order valence-electron chi connectivity index (χ4n) is 1.70. The molecule has 7 heteroatoms. The molecule has 2 N–H and O–H groups in total. The first-order valence-corrected chi connectivity index (χ1v) is 8.20. The lowest BCUT2D eigenvalue weighted by molar-refractivity contribution is -0.128. The van der Waals surface area contributed by atoms with Crippen LogP contribution >= 0.6 is 34.2 Å². The topological polar surface area (TPSA) is 67.4 Å². The second kappa shape index (κ2) is 8.16. The Morgan fingerprint density at radius 3 is 2.39 bits per heavy atom. The Balaban J connectivity index is 1.87. The summed E-state index contributed by atoms with van der Waals surface area (Å²) in [5.41, 5.74) is 5.20. The van der Waals surface area contributed by atoms with Gasteiger partial charge in [0, 0.05) is 8.59 Å². The third kappa shape index (κ3) is 5.11. The minimum Gasteiger partial charge on any atom is -0.481 e. The zero-order chi connectivity index (χ0) is 16.8. The summed E-state index contributed by atoms with van der Waals surface area (Å²) in [6.07, 6.45) is -0.772. The molecule has 2 aromatic carbocycles. The Bertz CT molecular complexity index is 707. The molecule has 0 aliphatic heterocycles. The lowest BCUT2D eigenvalue weighted by atomic mass is 10.2. The van der Waals surface area contributed by atoms with E-state index in [2.05, 4.69) is 33.4 Å². The molecule has 1 unspecified atom stereocenters. The number of nitrogens with one attached hydrogen (secondary N) is 2. The van der Waals surface area contributed by atoms with Gasteiger partial charge in [0.05, 0.1) is 5.56 Å². The van der Waals surface area contributed by atoms with Crippen molar-refractivity contribution in [3.8, 4) is 5.75 Å². The van der Waals surface area contributed by atoms with Crippen LogP contribution in [0.3, 0.4) is 0 Å². The standard InChI is InChI=1S/C16H14ClIN2O3/c1-10(23-12-8-6-11(17)7-9-12)15(21)19-20-16(22)13-4-2-3-5-14(13)18/h2-10H,1H3,(H,19,21)(H,20,22). The summed E-state index contributed by atoms with van der Waals surface area (Å²) in [5.74, 6) is -0.331. The van der Waals surface area contributed by atoms with Crippen LogP contribution < -0.4 is 15.6 Å². The first kappa shape index (κ1) is 17.6. The maximum atomic E-state index is 12.0. The van der Waals surface area contributed by atoms with Crippen LogP contribution in [-0.4, -0.2) is 17.9 Å². The molecule has 0 spiro atoms. The van der Waals surface area contributed by atoms with Crippen molar-refractivity contribution < 1.29 is 14.3 Å². The van der Waals surface area contributed by atoms with Gasteiger partial charge in [0.2, 0.25) is 0 Å². The maximum Gasteiger partial charge on any atom is 0.279 e. The van der Waals surface area contributed by atoms with Crippen LogP contribution in [-0.2, 0) is 4.79 Å². The number of carbonyl (C=O) groups excluding carboxylic acids is 2. The van der Waals surface area contributed by atoms with Gasteiger partial charge in [-0.15, -0.1) is 0 Å². The van der Waals surface area contributed by atoms with E-state index in [1.54, 1.807) is 43.3 Å². The van der Waals surface area contributed by atoms with Gasteiger partial charge >= 0.3 is 0 Å². The van der Waals surface area contributed by atoms with E-state index in [-0.39, 0.29) is 5.91 Å². The molecule has 0 aromatic heterocycles. The third-order valence-corrected chi connectivity index (χ3v) is 4.11. The van der Waals surface area contributed by atoms with E-state index in [4.69, 9.17) is 16.3 Å². The number of carbonyl (C=O) groups is 2. The van der Waals surface area contributed by atoms with Crippen LogP contribution in [0.15, 0.2) is 48.5 Å². The summed E-state index contributed by atoms with van der Waals surface area (Å²) < 4.78 is 6.26. The van der Waals surface area contributed by atoms with Crippen LogP contribution in [0.1, 0.15) is 17.3 Å². The molecule has 0 radical (unpaired) electrons. The van der Waals surface area contributed by atoms with Crippen molar-refractivity contribution in [2.75, 3.05) is 0 Å². The summed E-state index contributed by atoms with van der Waals surface area (Å²) in [4.78, 5) is 24.0. The molecule has 2 rings (SSSR count). The molecular formula is C16H14ClIN2O3. The van der Waals surface area contributed by atoms with E-state index in [9.17, 15) is 9.59 Å².